The predicted molar refractivity (Wildman–Crippen MR) is 45.9 cm³/mol. The van der Waals surface area contributed by atoms with E-state index in [1.165, 1.54) is 6.07 Å². The van der Waals surface area contributed by atoms with Gasteiger partial charge in [-0.1, -0.05) is 0 Å². The number of nitrogens with two attached hydrogens (primary N) is 1. The van der Waals surface area contributed by atoms with E-state index in [-0.39, 0.29) is 4.88 Å². The molecule has 0 aliphatic rings. The number of hydrogen-bond acceptors (Lipinski definition) is 4. The van der Waals surface area contributed by atoms with Crippen LogP contribution in [0.2, 0.25) is 0 Å². The first-order valence-electron chi connectivity index (χ1n) is 3.74. The molecule has 1 aromatic rings. The van der Waals surface area contributed by atoms with Crippen molar-refractivity contribution in [2.45, 2.75) is 18.7 Å². The summed E-state index contributed by atoms with van der Waals surface area (Å²) >= 11 is 0.608. The summed E-state index contributed by atoms with van der Waals surface area (Å²) in [7, 11) is 0. The number of aromatic nitrogens is 1. The SMILES string of the molecule is Cc1cc(C(O)(CN)C(F)(F)F)sn1. The van der Waals surface area contributed by atoms with Crippen molar-refractivity contribution < 1.29 is 18.3 Å². The number of aryl methyl sites for hydroxylation is 1. The molecule has 0 fully saturated rings. The van der Waals surface area contributed by atoms with Crippen LogP contribution in [0.25, 0.3) is 0 Å². The summed E-state index contributed by atoms with van der Waals surface area (Å²) in [5.41, 5.74) is 2.40. The van der Waals surface area contributed by atoms with Gasteiger partial charge in [0.15, 0.2) is 0 Å². The molecule has 14 heavy (non-hydrogen) atoms. The summed E-state index contributed by atoms with van der Waals surface area (Å²) in [4.78, 5) is -0.273. The van der Waals surface area contributed by atoms with Gasteiger partial charge in [-0.25, -0.2) is 0 Å². The summed E-state index contributed by atoms with van der Waals surface area (Å²) in [5.74, 6) is 0. The summed E-state index contributed by atoms with van der Waals surface area (Å²) in [6.07, 6.45) is -4.78. The lowest BCUT2D eigenvalue weighted by Crippen LogP contribution is -2.47. The second-order valence-electron chi connectivity index (χ2n) is 2.89. The van der Waals surface area contributed by atoms with Crippen LogP contribution in [0.3, 0.4) is 0 Å². The molecule has 1 rings (SSSR count). The lowest BCUT2D eigenvalue weighted by molar-refractivity contribution is -0.260. The average Bonchev–Trinajstić information content (AvgIpc) is 2.48. The Bertz CT molecular complexity index is 325. The number of rotatable bonds is 2. The minimum atomic E-state index is -4.78. The molecular formula is C7H9F3N2OS. The molecule has 0 spiro atoms. The molecule has 1 heterocycles. The monoisotopic (exact) mass is 226 g/mol. The fraction of sp³-hybridized carbons (Fsp3) is 0.571. The zero-order valence-electron chi connectivity index (χ0n) is 7.30. The highest BCUT2D eigenvalue weighted by Crippen LogP contribution is 2.39. The van der Waals surface area contributed by atoms with E-state index in [2.05, 4.69) is 4.37 Å². The molecule has 0 bridgehead atoms. The van der Waals surface area contributed by atoms with E-state index < -0.39 is 18.3 Å². The van der Waals surface area contributed by atoms with Crippen LogP contribution in [-0.4, -0.2) is 22.2 Å². The molecule has 3 N–H and O–H groups in total. The molecule has 0 aliphatic heterocycles. The van der Waals surface area contributed by atoms with E-state index in [1.54, 1.807) is 6.92 Å². The fourth-order valence-corrected chi connectivity index (χ4v) is 1.78. The van der Waals surface area contributed by atoms with E-state index in [9.17, 15) is 18.3 Å². The Kier molecular flexibility index (Phi) is 2.84. The van der Waals surface area contributed by atoms with Gasteiger partial charge in [0.1, 0.15) is 0 Å². The minimum Gasteiger partial charge on any atom is -0.375 e. The lowest BCUT2D eigenvalue weighted by atomic mass is 10.0. The van der Waals surface area contributed by atoms with E-state index in [0.717, 1.165) is 0 Å². The van der Waals surface area contributed by atoms with Gasteiger partial charge in [-0.15, -0.1) is 0 Å². The van der Waals surface area contributed by atoms with Crippen molar-refractivity contribution in [1.82, 2.24) is 4.37 Å². The molecule has 80 valence electrons. The average molecular weight is 226 g/mol. The molecule has 0 saturated heterocycles. The van der Waals surface area contributed by atoms with Gasteiger partial charge in [0.25, 0.3) is 0 Å². The Labute approximate surface area is 82.5 Å². The maximum absolute atomic E-state index is 12.4. The zero-order chi connectivity index (χ0) is 11.0. The summed E-state index contributed by atoms with van der Waals surface area (Å²) < 4.78 is 41.0. The Morgan fingerprint density at radius 3 is 2.43 bits per heavy atom. The predicted octanol–water partition coefficient (Wildman–Crippen LogP) is 1.16. The Morgan fingerprint density at radius 2 is 2.14 bits per heavy atom. The van der Waals surface area contributed by atoms with Crippen LogP contribution in [0.4, 0.5) is 13.2 Å². The topological polar surface area (TPSA) is 59.1 Å². The molecule has 0 radical (unpaired) electrons. The third-order valence-corrected chi connectivity index (χ3v) is 2.83. The van der Waals surface area contributed by atoms with Crippen LogP contribution in [0.1, 0.15) is 10.6 Å². The fourth-order valence-electron chi connectivity index (χ4n) is 0.915. The van der Waals surface area contributed by atoms with Crippen LogP contribution in [0, 0.1) is 6.92 Å². The highest BCUT2D eigenvalue weighted by Gasteiger charge is 2.55. The van der Waals surface area contributed by atoms with Crippen molar-refractivity contribution in [3.05, 3.63) is 16.6 Å². The van der Waals surface area contributed by atoms with Gasteiger partial charge in [0.05, 0.1) is 10.6 Å². The number of halogens is 3. The van der Waals surface area contributed by atoms with Gasteiger partial charge in [0, 0.05) is 6.54 Å². The highest BCUT2D eigenvalue weighted by atomic mass is 32.1. The first-order valence-corrected chi connectivity index (χ1v) is 4.51. The first-order chi connectivity index (χ1) is 6.31. The summed E-state index contributed by atoms with van der Waals surface area (Å²) in [5, 5.41) is 9.36. The maximum atomic E-state index is 12.4. The normalized spacial score (nSPS) is 16.7. The molecule has 0 aliphatic carbocycles. The van der Waals surface area contributed by atoms with Crippen LogP contribution < -0.4 is 5.73 Å². The van der Waals surface area contributed by atoms with Gasteiger partial charge in [-0.05, 0) is 24.5 Å². The van der Waals surface area contributed by atoms with E-state index in [1.807, 2.05) is 0 Å². The minimum absolute atomic E-state index is 0.273. The van der Waals surface area contributed by atoms with E-state index in [4.69, 9.17) is 5.73 Å². The van der Waals surface area contributed by atoms with Crippen molar-refractivity contribution in [3.63, 3.8) is 0 Å². The number of nitrogens with zero attached hydrogens (tertiary/aromatic N) is 1. The number of aliphatic hydroxyl groups is 1. The van der Waals surface area contributed by atoms with Gasteiger partial charge in [0.2, 0.25) is 5.60 Å². The third kappa shape index (κ3) is 1.75. The number of alkyl halides is 3. The summed E-state index contributed by atoms with van der Waals surface area (Å²) in [6.45, 7) is 0.644. The second-order valence-corrected chi connectivity index (χ2v) is 3.70. The molecule has 1 aromatic heterocycles. The van der Waals surface area contributed by atoms with Crippen molar-refractivity contribution in [2.75, 3.05) is 6.54 Å². The van der Waals surface area contributed by atoms with Gasteiger partial charge >= 0.3 is 6.18 Å². The molecule has 0 saturated carbocycles. The van der Waals surface area contributed by atoms with Crippen LogP contribution in [-0.2, 0) is 5.60 Å². The van der Waals surface area contributed by atoms with Crippen LogP contribution in [0.15, 0.2) is 6.07 Å². The molecular weight excluding hydrogens is 217 g/mol. The molecule has 0 amide bonds. The first kappa shape index (κ1) is 11.4. The Balaban J connectivity index is 3.14. The van der Waals surface area contributed by atoms with Crippen molar-refractivity contribution in [2.24, 2.45) is 5.73 Å². The molecule has 7 heteroatoms. The second kappa shape index (κ2) is 3.48. The largest absolute Gasteiger partial charge is 0.423 e. The molecule has 1 atom stereocenters. The van der Waals surface area contributed by atoms with Gasteiger partial charge < -0.3 is 10.8 Å². The van der Waals surface area contributed by atoms with E-state index in [0.29, 0.717) is 17.2 Å². The molecule has 0 aromatic carbocycles. The standard InChI is InChI=1S/C7H9F3N2OS/c1-4-2-5(14-12-4)6(13,3-11)7(8,9)10/h2,13H,3,11H2,1H3. The Hall–Kier alpha value is -0.660. The quantitative estimate of drug-likeness (QED) is 0.795. The smallest absolute Gasteiger partial charge is 0.375 e. The van der Waals surface area contributed by atoms with Gasteiger partial charge in [-0.3, -0.25) is 0 Å². The zero-order valence-corrected chi connectivity index (χ0v) is 8.11. The third-order valence-electron chi connectivity index (χ3n) is 1.80. The van der Waals surface area contributed by atoms with E-state index >= 15 is 0 Å². The van der Waals surface area contributed by atoms with Crippen LogP contribution >= 0.6 is 11.5 Å². The Morgan fingerprint density at radius 1 is 1.57 bits per heavy atom. The molecule has 1 unspecified atom stereocenters. The number of hydrogen-bond donors (Lipinski definition) is 2. The van der Waals surface area contributed by atoms with Gasteiger partial charge in [-0.2, -0.15) is 17.5 Å². The van der Waals surface area contributed by atoms with Crippen molar-refractivity contribution >= 4 is 11.5 Å². The molecule has 3 nitrogen and oxygen atoms in total. The van der Waals surface area contributed by atoms with Crippen molar-refractivity contribution in [3.8, 4) is 0 Å². The highest BCUT2D eigenvalue weighted by molar-refractivity contribution is 7.06. The summed E-state index contributed by atoms with van der Waals surface area (Å²) in [6, 6.07) is 1.19. The maximum Gasteiger partial charge on any atom is 0.423 e. The van der Waals surface area contributed by atoms with Crippen molar-refractivity contribution in [1.29, 1.82) is 0 Å². The van der Waals surface area contributed by atoms with Crippen LogP contribution in [0.5, 0.6) is 0 Å². The lowest BCUT2D eigenvalue weighted by Gasteiger charge is -2.27.